The van der Waals surface area contributed by atoms with Crippen LogP contribution < -0.4 is 15.8 Å². The van der Waals surface area contributed by atoms with Crippen molar-refractivity contribution < 1.29 is 4.74 Å². The second kappa shape index (κ2) is 5.82. The summed E-state index contributed by atoms with van der Waals surface area (Å²) in [4.78, 5) is 8.41. The van der Waals surface area contributed by atoms with E-state index in [1.165, 1.54) is 25.7 Å². The number of aromatic nitrogens is 2. The molecule has 1 fully saturated rings. The third-order valence-electron chi connectivity index (χ3n) is 3.40. The number of ether oxygens (including phenoxy) is 1. The first-order valence-electron chi connectivity index (χ1n) is 6.16. The van der Waals surface area contributed by atoms with Crippen LogP contribution in [0.25, 0.3) is 0 Å². The van der Waals surface area contributed by atoms with Crippen LogP contribution in [-0.2, 0) is 0 Å². The fourth-order valence-corrected chi connectivity index (χ4v) is 2.39. The number of anilines is 1. The number of nitrogens with one attached hydrogen (secondary N) is 1. The molecular formula is C12H20N4O. The van der Waals surface area contributed by atoms with Gasteiger partial charge in [-0.05, 0) is 18.8 Å². The number of rotatable bonds is 5. The second-order valence-electron chi connectivity index (χ2n) is 4.48. The van der Waals surface area contributed by atoms with Crippen molar-refractivity contribution in [2.75, 3.05) is 19.0 Å². The maximum absolute atomic E-state index is 5.81. The van der Waals surface area contributed by atoms with Crippen molar-refractivity contribution in [3.63, 3.8) is 0 Å². The lowest BCUT2D eigenvalue weighted by atomic mass is 9.98. The van der Waals surface area contributed by atoms with Gasteiger partial charge < -0.3 is 15.8 Å². The van der Waals surface area contributed by atoms with Gasteiger partial charge in [-0.25, -0.2) is 9.97 Å². The van der Waals surface area contributed by atoms with Crippen molar-refractivity contribution in [2.24, 2.45) is 11.7 Å². The lowest BCUT2D eigenvalue weighted by Gasteiger charge is -2.22. The molecular weight excluding hydrogens is 216 g/mol. The topological polar surface area (TPSA) is 73.1 Å². The van der Waals surface area contributed by atoms with Gasteiger partial charge in [0.1, 0.15) is 0 Å². The highest BCUT2D eigenvalue weighted by molar-refractivity contribution is 5.28. The Bertz CT molecular complexity index is 335. The predicted octanol–water partition coefficient (Wildman–Crippen LogP) is 1.41. The van der Waals surface area contributed by atoms with Gasteiger partial charge in [-0.3, -0.25) is 0 Å². The molecule has 0 bridgehead atoms. The molecule has 1 aliphatic carbocycles. The first-order chi connectivity index (χ1) is 8.33. The molecule has 0 saturated heterocycles. The Hall–Kier alpha value is -1.36. The third-order valence-corrected chi connectivity index (χ3v) is 3.40. The van der Waals surface area contributed by atoms with Gasteiger partial charge >= 0.3 is 0 Å². The molecule has 94 valence electrons. The lowest BCUT2D eigenvalue weighted by Crippen LogP contribution is -2.35. The SMILES string of the molecule is COc1cnc(NC(CN)C2CCCC2)nc1. The monoisotopic (exact) mass is 236 g/mol. The second-order valence-corrected chi connectivity index (χ2v) is 4.48. The molecule has 5 nitrogen and oxygen atoms in total. The number of hydrogen-bond donors (Lipinski definition) is 2. The molecule has 1 unspecified atom stereocenters. The van der Waals surface area contributed by atoms with Gasteiger partial charge in [0.05, 0.1) is 19.5 Å². The molecule has 1 aliphatic rings. The summed E-state index contributed by atoms with van der Waals surface area (Å²) >= 11 is 0. The smallest absolute Gasteiger partial charge is 0.223 e. The first-order valence-corrected chi connectivity index (χ1v) is 6.16. The van der Waals surface area contributed by atoms with Crippen LogP contribution >= 0.6 is 0 Å². The van der Waals surface area contributed by atoms with E-state index >= 15 is 0 Å². The summed E-state index contributed by atoms with van der Waals surface area (Å²) in [6.07, 6.45) is 8.46. The Morgan fingerprint density at radius 3 is 2.59 bits per heavy atom. The van der Waals surface area contributed by atoms with Gasteiger partial charge in [0.15, 0.2) is 5.75 Å². The molecule has 0 aliphatic heterocycles. The summed E-state index contributed by atoms with van der Waals surface area (Å²) in [5, 5.41) is 3.32. The Kier molecular flexibility index (Phi) is 4.14. The average Bonchev–Trinajstić information content (AvgIpc) is 2.90. The molecule has 3 N–H and O–H groups in total. The normalized spacial score (nSPS) is 18.0. The van der Waals surface area contributed by atoms with Crippen LogP contribution in [0.1, 0.15) is 25.7 Å². The van der Waals surface area contributed by atoms with Crippen molar-refractivity contribution in [3.05, 3.63) is 12.4 Å². The van der Waals surface area contributed by atoms with Crippen LogP contribution in [0.3, 0.4) is 0 Å². The fraction of sp³-hybridized carbons (Fsp3) is 0.667. The molecule has 1 atom stereocenters. The molecule has 0 radical (unpaired) electrons. The molecule has 1 aromatic heterocycles. The summed E-state index contributed by atoms with van der Waals surface area (Å²) in [7, 11) is 1.60. The van der Waals surface area contributed by atoms with Gasteiger partial charge in [0.2, 0.25) is 5.95 Å². The van der Waals surface area contributed by atoms with E-state index < -0.39 is 0 Å². The van der Waals surface area contributed by atoms with Crippen molar-refractivity contribution >= 4 is 5.95 Å². The van der Waals surface area contributed by atoms with E-state index in [-0.39, 0.29) is 6.04 Å². The maximum atomic E-state index is 5.81. The third kappa shape index (κ3) is 3.06. The molecule has 0 amide bonds. The minimum atomic E-state index is 0.283. The molecule has 1 heterocycles. The average molecular weight is 236 g/mol. The van der Waals surface area contributed by atoms with Crippen molar-refractivity contribution in [3.8, 4) is 5.75 Å². The van der Waals surface area contributed by atoms with Gasteiger partial charge in [-0.2, -0.15) is 0 Å². The summed E-state index contributed by atoms with van der Waals surface area (Å²) in [5.74, 6) is 1.96. The van der Waals surface area contributed by atoms with Gasteiger partial charge in [0.25, 0.3) is 0 Å². The fourth-order valence-electron chi connectivity index (χ4n) is 2.39. The van der Waals surface area contributed by atoms with Crippen LogP contribution in [-0.4, -0.2) is 29.7 Å². The molecule has 0 aromatic carbocycles. The summed E-state index contributed by atoms with van der Waals surface area (Å²) in [6.45, 7) is 0.625. The van der Waals surface area contributed by atoms with Crippen molar-refractivity contribution in [1.82, 2.24) is 9.97 Å². The van der Waals surface area contributed by atoms with E-state index in [1.807, 2.05) is 0 Å². The number of hydrogen-bond acceptors (Lipinski definition) is 5. The Morgan fingerprint density at radius 2 is 2.06 bits per heavy atom. The summed E-state index contributed by atoms with van der Waals surface area (Å²) in [6, 6.07) is 0.283. The van der Waals surface area contributed by atoms with Crippen LogP contribution in [0, 0.1) is 5.92 Å². The van der Waals surface area contributed by atoms with E-state index in [1.54, 1.807) is 19.5 Å². The maximum Gasteiger partial charge on any atom is 0.223 e. The zero-order chi connectivity index (χ0) is 12.1. The van der Waals surface area contributed by atoms with E-state index in [9.17, 15) is 0 Å². The van der Waals surface area contributed by atoms with Crippen LogP contribution in [0.4, 0.5) is 5.95 Å². The van der Waals surface area contributed by atoms with E-state index in [0.29, 0.717) is 24.2 Å². The zero-order valence-corrected chi connectivity index (χ0v) is 10.2. The van der Waals surface area contributed by atoms with E-state index in [2.05, 4.69) is 15.3 Å². The standard InChI is InChI=1S/C12H20N4O/c1-17-10-7-14-12(15-8-10)16-11(6-13)9-4-2-3-5-9/h7-9,11H,2-6,13H2,1H3,(H,14,15,16). The van der Waals surface area contributed by atoms with E-state index in [4.69, 9.17) is 10.5 Å². The zero-order valence-electron chi connectivity index (χ0n) is 10.2. The highest BCUT2D eigenvalue weighted by atomic mass is 16.5. The molecule has 0 spiro atoms. The number of nitrogens with two attached hydrogens (primary N) is 1. The highest BCUT2D eigenvalue weighted by Gasteiger charge is 2.24. The molecule has 2 rings (SSSR count). The van der Waals surface area contributed by atoms with Crippen LogP contribution in [0.5, 0.6) is 5.75 Å². The summed E-state index contributed by atoms with van der Waals surface area (Å²) < 4.78 is 5.02. The van der Waals surface area contributed by atoms with Crippen molar-refractivity contribution in [2.45, 2.75) is 31.7 Å². The minimum Gasteiger partial charge on any atom is -0.494 e. The number of methoxy groups -OCH3 is 1. The largest absolute Gasteiger partial charge is 0.494 e. The Balaban J connectivity index is 1.96. The Morgan fingerprint density at radius 1 is 1.41 bits per heavy atom. The highest BCUT2D eigenvalue weighted by Crippen LogP contribution is 2.28. The molecule has 17 heavy (non-hydrogen) atoms. The molecule has 1 saturated carbocycles. The van der Waals surface area contributed by atoms with E-state index in [0.717, 1.165) is 0 Å². The predicted molar refractivity (Wildman–Crippen MR) is 67.0 cm³/mol. The Labute approximate surface area is 102 Å². The van der Waals surface area contributed by atoms with Gasteiger partial charge in [0, 0.05) is 12.6 Å². The number of nitrogens with zero attached hydrogens (tertiary/aromatic N) is 2. The van der Waals surface area contributed by atoms with Crippen LogP contribution in [0.15, 0.2) is 12.4 Å². The lowest BCUT2D eigenvalue weighted by molar-refractivity contribution is 0.410. The molecule has 1 aromatic rings. The van der Waals surface area contributed by atoms with Crippen molar-refractivity contribution in [1.29, 1.82) is 0 Å². The van der Waals surface area contributed by atoms with Gasteiger partial charge in [-0.1, -0.05) is 12.8 Å². The molecule has 5 heteroatoms. The first kappa shape index (κ1) is 12.1. The summed E-state index contributed by atoms with van der Waals surface area (Å²) in [5.41, 5.74) is 5.81. The van der Waals surface area contributed by atoms with Gasteiger partial charge in [-0.15, -0.1) is 0 Å². The minimum absolute atomic E-state index is 0.283. The quantitative estimate of drug-likeness (QED) is 0.808. The van der Waals surface area contributed by atoms with Crippen LogP contribution in [0.2, 0.25) is 0 Å².